The Morgan fingerprint density at radius 1 is 1.22 bits per heavy atom. The maximum Gasteiger partial charge on any atom is 0.335 e. The van der Waals surface area contributed by atoms with Crippen molar-refractivity contribution in [2.45, 2.75) is 20.3 Å². The van der Waals surface area contributed by atoms with Gasteiger partial charge in [-0.2, -0.15) is 0 Å². The number of hydrogen-bond acceptors (Lipinski definition) is 3. The van der Waals surface area contributed by atoms with Gasteiger partial charge in [0, 0.05) is 18.7 Å². The number of nitrogens with one attached hydrogen (secondary N) is 1. The van der Waals surface area contributed by atoms with Crippen LogP contribution < -0.4 is 10.2 Å². The van der Waals surface area contributed by atoms with Gasteiger partial charge in [-0.1, -0.05) is 12.1 Å². The molecule has 7 heteroatoms. The normalized spacial score (nSPS) is 16.5. The molecule has 1 aliphatic rings. The second-order valence-electron chi connectivity index (χ2n) is 6.61. The Morgan fingerprint density at radius 2 is 1.96 bits per heavy atom. The number of carboxylic acid groups (broad SMARTS) is 1. The number of carbonyl (C=O) groups is 3. The van der Waals surface area contributed by atoms with Crippen molar-refractivity contribution >= 4 is 29.2 Å². The van der Waals surface area contributed by atoms with Gasteiger partial charge in [0.1, 0.15) is 5.82 Å². The molecule has 1 atom stereocenters. The number of aryl methyl sites for hydroxylation is 1. The van der Waals surface area contributed by atoms with Gasteiger partial charge in [0.25, 0.3) is 0 Å². The molecule has 3 rings (SSSR count). The second-order valence-corrected chi connectivity index (χ2v) is 6.61. The number of benzene rings is 2. The van der Waals surface area contributed by atoms with Crippen LogP contribution in [0, 0.1) is 25.6 Å². The second kappa shape index (κ2) is 7.19. The molecule has 0 spiro atoms. The Balaban J connectivity index is 1.78. The topological polar surface area (TPSA) is 86.7 Å². The minimum Gasteiger partial charge on any atom is -0.478 e. The molecule has 0 radical (unpaired) electrons. The van der Waals surface area contributed by atoms with Crippen molar-refractivity contribution in [2.75, 3.05) is 16.8 Å². The summed E-state index contributed by atoms with van der Waals surface area (Å²) in [5, 5.41) is 11.4. The molecule has 2 aromatic carbocycles. The lowest BCUT2D eigenvalue weighted by Gasteiger charge is -2.20. The Hall–Kier alpha value is -3.22. The highest BCUT2D eigenvalue weighted by molar-refractivity contribution is 6.04. The summed E-state index contributed by atoms with van der Waals surface area (Å²) in [6.07, 6.45) is 0.0133. The van der Waals surface area contributed by atoms with Gasteiger partial charge in [-0.05, 0) is 49.2 Å². The molecule has 0 aliphatic carbocycles. The van der Waals surface area contributed by atoms with Crippen LogP contribution in [0.15, 0.2) is 36.4 Å². The van der Waals surface area contributed by atoms with Gasteiger partial charge in [0.15, 0.2) is 0 Å². The van der Waals surface area contributed by atoms with Gasteiger partial charge < -0.3 is 15.3 Å². The average Bonchev–Trinajstić information content (AvgIpc) is 3.01. The van der Waals surface area contributed by atoms with Crippen LogP contribution in [0.3, 0.4) is 0 Å². The van der Waals surface area contributed by atoms with Gasteiger partial charge in [0.05, 0.1) is 17.2 Å². The lowest BCUT2D eigenvalue weighted by Crippen LogP contribution is -2.29. The smallest absolute Gasteiger partial charge is 0.335 e. The van der Waals surface area contributed by atoms with Crippen molar-refractivity contribution in [3.05, 3.63) is 58.9 Å². The molecular formula is C20H19FN2O4. The summed E-state index contributed by atoms with van der Waals surface area (Å²) >= 11 is 0. The minimum absolute atomic E-state index is 0.0133. The van der Waals surface area contributed by atoms with Crippen molar-refractivity contribution in [1.29, 1.82) is 0 Å². The summed E-state index contributed by atoms with van der Waals surface area (Å²) in [7, 11) is 0. The van der Waals surface area contributed by atoms with Crippen LogP contribution in [-0.4, -0.2) is 29.4 Å². The van der Waals surface area contributed by atoms with E-state index in [0.717, 1.165) is 35.0 Å². The quantitative estimate of drug-likeness (QED) is 0.866. The van der Waals surface area contributed by atoms with Gasteiger partial charge in [-0.25, -0.2) is 9.18 Å². The SMILES string of the molecule is Cc1cccc(N2CC(C(=O)Nc3cc(C(=O)O)ccc3F)CC2=O)c1C. The van der Waals surface area contributed by atoms with E-state index in [1.807, 2.05) is 32.0 Å². The standard InChI is InChI=1S/C20H19FN2O4/c1-11-4-3-5-17(12(11)2)23-10-14(9-18(23)24)19(25)22-16-8-13(20(26)27)6-7-15(16)21/h3-8,14H,9-10H2,1-2H3,(H,22,25)(H,26,27). The third-order valence-corrected chi connectivity index (χ3v) is 4.83. The summed E-state index contributed by atoms with van der Waals surface area (Å²) < 4.78 is 13.9. The molecule has 1 unspecified atom stereocenters. The third-order valence-electron chi connectivity index (χ3n) is 4.83. The summed E-state index contributed by atoms with van der Waals surface area (Å²) in [5.41, 5.74) is 2.42. The van der Waals surface area contributed by atoms with Crippen molar-refractivity contribution < 1.29 is 23.9 Å². The van der Waals surface area contributed by atoms with E-state index < -0.39 is 23.6 Å². The van der Waals surface area contributed by atoms with Crippen molar-refractivity contribution in [2.24, 2.45) is 5.92 Å². The van der Waals surface area contributed by atoms with Crippen LogP contribution in [-0.2, 0) is 9.59 Å². The molecule has 27 heavy (non-hydrogen) atoms. The zero-order valence-electron chi connectivity index (χ0n) is 15.0. The lowest BCUT2D eigenvalue weighted by atomic mass is 10.1. The number of anilines is 2. The van der Waals surface area contributed by atoms with Crippen molar-refractivity contribution in [1.82, 2.24) is 0 Å². The number of aromatic carboxylic acids is 1. The molecule has 1 saturated heterocycles. The summed E-state index contributed by atoms with van der Waals surface area (Å²) in [4.78, 5) is 37.5. The molecule has 140 valence electrons. The van der Waals surface area contributed by atoms with Crippen LogP contribution in [0.5, 0.6) is 0 Å². The monoisotopic (exact) mass is 370 g/mol. The highest BCUT2D eigenvalue weighted by atomic mass is 19.1. The highest BCUT2D eigenvalue weighted by Gasteiger charge is 2.36. The number of amides is 2. The van der Waals surface area contributed by atoms with Crippen LogP contribution in [0.25, 0.3) is 0 Å². The third kappa shape index (κ3) is 3.67. The molecule has 0 saturated carbocycles. The number of halogens is 1. The minimum atomic E-state index is -1.22. The first-order valence-electron chi connectivity index (χ1n) is 8.48. The zero-order valence-corrected chi connectivity index (χ0v) is 15.0. The predicted molar refractivity (Wildman–Crippen MR) is 98.4 cm³/mol. The van der Waals surface area contributed by atoms with Crippen molar-refractivity contribution in [3.8, 4) is 0 Å². The molecule has 6 nitrogen and oxygen atoms in total. The van der Waals surface area contributed by atoms with Gasteiger partial charge >= 0.3 is 5.97 Å². The number of hydrogen-bond donors (Lipinski definition) is 2. The fourth-order valence-electron chi connectivity index (χ4n) is 3.13. The molecule has 0 aromatic heterocycles. The van der Waals surface area contributed by atoms with E-state index in [2.05, 4.69) is 5.32 Å². The fourth-order valence-corrected chi connectivity index (χ4v) is 3.13. The molecule has 2 N–H and O–H groups in total. The maximum atomic E-state index is 13.9. The Morgan fingerprint density at radius 3 is 2.67 bits per heavy atom. The van der Waals surface area contributed by atoms with E-state index in [1.54, 1.807) is 4.90 Å². The van der Waals surface area contributed by atoms with Gasteiger partial charge in [-0.15, -0.1) is 0 Å². The average molecular weight is 370 g/mol. The number of nitrogens with zero attached hydrogens (tertiary/aromatic N) is 1. The molecular weight excluding hydrogens is 351 g/mol. The first-order valence-corrected chi connectivity index (χ1v) is 8.48. The molecule has 0 bridgehead atoms. The maximum absolute atomic E-state index is 13.9. The Bertz CT molecular complexity index is 942. The zero-order chi connectivity index (χ0) is 19.7. The van der Waals surface area contributed by atoms with E-state index >= 15 is 0 Å². The van der Waals surface area contributed by atoms with E-state index in [0.29, 0.717) is 0 Å². The van der Waals surface area contributed by atoms with E-state index in [-0.39, 0.29) is 30.1 Å². The largest absolute Gasteiger partial charge is 0.478 e. The van der Waals surface area contributed by atoms with Crippen LogP contribution in [0.2, 0.25) is 0 Å². The van der Waals surface area contributed by atoms with Crippen LogP contribution in [0.1, 0.15) is 27.9 Å². The van der Waals surface area contributed by atoms with Crippen molar-refractivity contribution in [3.63, 3.8) is 0 Å². The number of rotatable bonds is 4. The highest BCUT2D eigenvalue weighted by Crippen LogP contribution is 2.30. The Labute approximate surface area is 155 Å². The predicted octanol–water partition coefficient (Wildman–Crippen LogP) is 3.13. The summed E-state index contributed by atoms with van der Waals surface area (Å²) in [5.74, 6) is -3.29. The fraction of sp³-hybridized carbons (Fsp3) is 0.250. The first kappa shape index (κ1) is 18.6. The Kier molecular flexibility index (Phi) is 4.94. The first-order chi connectivity index (χ1) is 12.8. The van der Waals surface area contributed by atoms with E-state index in [9.17, 15) is 18.8 Å². The molecule has 2 amide bonds. The molecule has 1 heterocycles. The molecule has 1 aliphatic heterocycles. The van der Waals surface area contributed by atoms with E-state index in [1.165, 1.54) is 0 Å². The van der Waals surface area contributed by atoms with Crippen LogP contribution >= 0.6 is 0 Å². The van der Waals surface area contributed by atoms with Gasteiger partial charge in [-0.3, -0.25) is 9.59 Å². The summed E-state index contributed by atoms with van der Waals surface area (Å²) in [6, 6.07) is 8.80. The summed E-state index contributed by atoms with van der Waals surface area (Å²) in [6.45, 7) is 4.05. The van der Waals surface area contributed by atoms with E-state index in [4.69, 9.17) is 5.11 Å². The molecule has 1 fully saturated rings. The van der Waals surface area contributed by atoms with Crippen LogP contribution in [0.4, 0.5) is 15.8 Å². The molecule has 2 aromatic rings. The number of carboxylic acids is 1. The van der Waals surface area contributed by atoms with Gasteiger partial charge in [0.2, 0.25) is 11.8 Å². The number of carbonyl (C=O) groups excluding carboxylic acids is 2. The lowest BCUT2D eigenvalue weighted by molar-refractivity contribution is -0.122.